The van der Waals surface area contributed by atoms with Gasteiger partial charge in [0.2, 0.25) is 0 Å². The van der Waals surface area contributed by atoms with Crippen molar-refractivity contribution in [1.82, 2.24) is 10.6 Å². The molecule has 0 aliphatic heterocycles. The van der Waals surface area contributed by atoms with Crippen molar-refractivity contribution in [2.24, 2.45) is 0 Å². The molecule has 0 aliphatic rings. The first-order valence-corrected chi connectivity index (χ1v) is 23.0. The summed E-state index contributed by atoms with van der Waals surface area (Å²) in [5.74, 6) is -0.335. The Morgan fingerprint density at radius 1 is 0.628 bits per heavy atom. The van der Waals surface area contributed by atoms with Crippen molar-refractivity contribution in [3.8, 4) is 0 Å². The van der Waals surface area contributed by atoms with Crippen molar-refractivity contribution in [1.29, 1.82) is 0 Å². The zero-order chi connectivity index (χ0) is 31.8. The Bertz CT molecular complexity index is 1610. The van der Waals surface area contributed by atoms with Crippen molar-refractivity contribution in [2.75, 3.05) is 12.3 Å². The van der Waals surface area contributed by atoms with E-state index < -0.39 is 16.1 Å². The van der Waals surface area contributed by atoms with E-state index in [1.165, 1.54) is 12.5 Å². The summed E-state index contributed by atoms with van der Waals surface area (Å²) < 4.78 is 5.09. The minimum atomic E-state index is -1.35. The molecule has 0 heterocycles. The number of alkyl halides is 1. The molecule has 0 saturated carbocycles. The number of fused-ring (bicyclic) bond motifs is 2. The lowest BCUT2D eigenvalue weighted by Gasteiger charge is -2.17. The largest absolute Gasteiger partial charge is 0.461 e. The summed E-state index contributed by atoms with van der Waals surface area (Å²) in [7, 11) is -2.62. The van der Waals surface area contributed by atoms with Gasteiger partial charge in [0, 0.05) is 35.7 Å². The van der Waals surface area contributed by atoms with Gasteiger partial charge in [-0.25, -0.2) is 0 Å². The van der Waals surface area contributed by atoms with Crippen LogP contribution in [0.3, 0.4) is 0 Å². The lowest BCUT2D eigenvalue weighted by Crippen LogP contribution is -2.39. The number of rotatable bonds is 9. The molecule has 9 heteroatoms. The molecule has 0 atom stereocenters. The molecule has 0 radical (unpaired) electrons. The fourth-order valence-electron chi connectivity index (χ4n) is 4.42. The smallest absolute Gasteiger partial charge is 0.302 e. The Morgan fingerprint density at radius 3 is 1.42 bits per heavy atom. The molecule has 0 bridgehead atoms. The van der Waals surface area contributed by atoms with E-state index in [1.54, 1.807) is 6.07 Å². The van der Waals surface area contributed by atoms with Crippen LogP contribution in [0.4, 0.5) is 0 Å². The average molecular weight is 680 g/mol. The number of ether oxygens (including phenoxy) is 1. The number of halogens is 1. The monoisotopic (exact) mass is 678 g/mol. The van der Waals surface area contributed by atoms with Crippen LogP contribution in [0.25, 0.3) is 21.5 Å². The molecule has 0 aliphatic carbocycles. The van der Waals surface area contributed by atoms with E-state index in [1.807, 2.05) is 60.7 Å². The summed E-state index contributed by atoms with van der Waals surface area (Å²) in [6.45, 7) is 15.0. The first kappa shape index (κ1) is 34.2. The molecule has 2 amide bonds. The van der Waals surface area contributed by atoms with Crippen molar-refractivity contribution in [2.45, 2.75) is 58.1 Å². The maximum absolute atomic E-state index is 12.5. The zero-order valence-corrected chi connectivity index (χ0v) is 29.9. The van der Waals surface area contributed by atoms with Crippen molar-refractivity contribution in [3.63, 3.8) is 0 Å². The predicted octanol–water partition coefficient (Wildman–Crippen LogP) is 7.85. The molecule has 0 saturated heterocycles. The van der Waals surface area contributed by atoms with E-state index in [0.717, 1.165) is 50.3 Å². The Balaban J connectivity index is 0.000000238. The number of benzene rings is 4. The molecule has 0 spiro atoms. The van der Waals surface area contributed by atoms with Gasteiger partial charge in [-0.15, -0.1) is 0 Å². The van der Waals surface area contributed by atoms with Crippen LogP contribution in [0.2, 0.25) is 39.3 Å². The highest BCUT2D eigenvalue weighted by atomic mass is 79.9. The molecule has 4 aromatic rings. The molecular formula is C34H43BrN2O4Si2. The second-order valence-electron chi connectivity index (χ2n) is 13.0. The van der Waals surface area contributed by atoms with Gasteiger partial charge < -0.3 is 15.4 Å². The lowest BCUT2D eigenvalue weighted by molar-refractivity contribution is -0.142. The first-order chi connectivity index (χ1) is 20.2. The number of nitrogens with one attached hydrogen (secondary N) is 2. The van der Waals surface area contributed by atoms with Crippen molar-refractivity contribution >= 4 is 71.4 Å². The van der Waals surface area contributed by atoms with Gasteiger partial charge in [-0.3, -0.25) is 14.4 Å². The molecular weight excluding hydrogens is 636 g/mol. The third kappa shape index (κ3) is 10.2. The molecule has 0 aromatic heterocycles. The molecule has 0 fully saturated rings. The van der Waals surface area contributed by atoms with Crippen LogP contribution in [0, 0.1) is 0 Å². The molecule has 228 valence electrons. The van der Waals surface area contributed by atoms with Crippen LogP contribution in [-0.2, 0) is 21.5 Å². The van der Waals surface area contributed by atoms with E-state index >= 15 is 0 Å². The second-order valence-corrected chi connectivity index (χ2v) is 24.5. The van der Waals surface area contributed by atoms with Gasteiger partial charge in [-0.1, -0.05) is 116 Å². The van der Waals surface area contributed by atoms with Crippen molar-refractivity contribution in [3.05, 3.63) is 95.1 Å². The number of carbonyl (C=O) groups is 3. The third-order valence-electron chi connectivity index (χ3n) is 6.65. The summed E-state index contributed by atoms with van der Waals surface area (Å²) in [6, 6.07) is 23.4. The Hall–Kier alpha value is -3.28. The molecule has 6 nitrogen and oxygen atoms in total. The van der Waals surface area contributed by atoms with Gasteiger partial charge in [0.25, 0.3) is 11.8 Å². The normalized spacial score (nSPS) is 11.4. The maximum atomic E-state index is 12.5. The number of hydrogen-bond donors (Lipinski definition) is 2. The van der Waals surface area contributed by atoms with Crippen LogP contribution in [0.5, 0.6) is 0 Å². The molecule has 43 heavy (non-hydrogen) atoms. The van der Waals surface area contributed by atoms with E-state index in [-0.39, 0.29) is 24.4 Å². The van der Waals surface area contributed by atoms with Crippen LogP contribution in [-0.4, -0.2) is 46.3 Å². The van der Waals surface area contributed by atoms with Gasteiger partial charge in [0.15, 0.2) is 0 Å². The van der Waals surface area contributed by atoms with Gasteiger partial charge in [0.1, 0.15) is 6.61 Å². The van der Waals surface area contributed by atoms with Crippen LogP contribution >= 0.6 is 15.9 Å². The molecule has 0 unspecified atom stereocenters. The lowest BCUT2D eigenvalue weighted by atomic mass is 9.99. The maximum Gasteiger partial charge on any atom is 0.302 e. The number of amides is 2. The summed E-state index contributed by atoms with van der Waals surface area (Å²) in [5, 5.41) is 10.9. The van der Waals surface area contributed by atoms with Crippen LogP contribution in [0.15, 0.2) is 72.8 Å². The van der Waals surface area contributed by atoms with E-state index in [0.29, 0.717) is 5.56 Å². The van der Waals surface area contributed by atoms with E-state index in [2.05, 4.69) is 71.9 Å². The van der Waals surface area contributed by atoms with E-state index in [9.17, 15) is 14.4 Å². The summed E-state index contributed by atoms with van der Waals surface area (Å²) >= 11 is 3.50. The Kier molecular flexibility index (Phi) is 11.9. The third-order valence-corrected chi connectivity index (χ3v) is 9.73. The SMILES string of the molecule is CC(=O)OCc1ccc(C(=O)NC[Si](C)(C)C)c2ccccc12.C[Si](C)(C)CNC(=O)c1ccc(CBr)c2ccccc12. The topological polar surface area (TPSA) is 84.5 Å². The number of esters is 1. The first-order valence-electron chi connectivity index (χ1n) is 14.5. The van der Waals surface area contributed by atoms with Crippen LogP contribution < -0.4 is 10.6 Å². The number of hydrogen-bond acceptors (Lipinski definition) is 4. The zero-order valence-electron chi connectivity index (χ0n) is 26.3. The minimum Gasteiger partial charge on any atom is -0.461 e. The Morgan fingerprint density at radius 2 is 1.02 bits per heavy atom. The van der Waals surface area contributed by atoms with Gasteiger partial charge >= 0.3 is 5.97 Å². The highest BCUT2D eigenvalue weighted by Gasteiger charge is 2.18. The molecule has 4 aromatic carbocycles. The average Bonchev–Trinajstić information content (AvgIpc) is 2.96. The standard InChI is InChI=1S/C18H23NO3Si.C16H20BrNOSi/c1-13(20)22-11-14-9-10-17(16-8-6-5-7-15(14)16)18(21)19-12-23(2,3)4;1-20(2,3)11-18-16(19)15-9-8-12(10-17)13-6-4-5-7-14(13)15/h5-10H,11-12H2,1-4H3,(H,19,21);4-9H,10-11H2,1-3H3,(H,18,19). The molecule has 2 N–H and O–H groups in total. The van der Waals surface area contributed by atoms with Crippen LogP contribution in [0.1, 0.15) is 38.8 Å². The van der Waals surface area contributed by atoms with Gasteiger partial charge in [-0.05, 0) is 44.8 Å². The summed E-state index contributed by atoms with van der Waals surface area (Å²) in [5.41, 5.74) is 3.54. The predicted molar refractivity (Wildman–Crippen MR) is 187 cm³/mol. The van der Waals surface area contributed by atoms with Gasteiger partial charge in [-0.2, -0.15) is 0 Å². The minimum absolute atomic E-state index is 0.0322. The number of carbonyl (C=O) groups excluding carboxylic acids is 3. The fourth-order valence-corrected chi connectivity index (χ4v) is 6.29. The fraction of sp³-hybridized carbons (Fsp3) is 0.324. The highest BCUT2D eigenvalue weighted by molar-refractivity contribution is 9.08. The Labute approximate surface area is 265 Å². The van der Waals surface area contributed by atoms with Gasteiger partial charge in [0.05, 0.1) is 16.1 Å². The summed E-state index contributed by atoms with van der Waals surface area (Å²) in [4.78, 5) is 35.9. The van der Waals surface area contributed by atoms with Crippen molar-refractivity contribution < 1.29 is 19.1 Å². The summed E-state index contributed by atoms with van der Waals surface area (Å²) in [6.07, 6.45) is 1.55. The quantitative estimate of drug-likeness (QED) is 0.107. The molecule has 4 rings (SSSR count). The van der Waals surface area contributed by atoms with E-state index in [4.69, 9.17) is 4.74 Å². The highest BCUT2D eigenvalue weighted by Crippen LogP contribution is 2.25. The second kappa shape index (κ2) is 14.9.